The van der Waals surface area contributed by atoms with Gasteiger partial charge in [0, 0.05) is 37.5 Å². The second-order valence-electron chi connectivity index (χ2n) is 10.8. The van der Waals surface area contributed by atoms with Crippen molar-refractivity contribution in [1.82, 2.24) is 10.2 Å². The maximum absolute atomic E-state index is 13.9. The fourth-order valence-electron chi connectivity index (χ4n) is 4.60. The van der Waals surface area contributed by atoms with Crippen molar-refractivity contribution in [2.45, 2.75) is 52.6 Å². The second-order valence-corrected chi connectivity index (χ2v) is 13.1. The molecule has 9 heteroatoms. The predicted octanol–water partition coefficient (Wildman–Crippen LogP) is 5.61. The van der Waals surface area contributed by atoms with E-state index >= 15 is 0 Å². The molecule has 0 radical (unpaired) electrons. The predicted molar refractivity (Wildman–Crippen MR) is 166 cm³/mol. The van der Waals surface area contributed by atoms with E-state index in [2.05, 4.69) is 5.32 Å². The molecule has 1 N–H and O–H groups in total. The maximum atomic E-state index is 13.9. The van der Waals surface area contributed by atoms with Crippen LogP contribution in [0.25, 0.3) is 0 Å². The average Bonchev–Trinajstić information content (AvgIpc) is 2.91. The molecule has 0 bridgehead atoms. The number of rotatable bonds is 14. The molecule has 1 atom stereocenters. The largest absolute Gasteiger partial charge is 0.354 e. The van der Waals surface area contributed by atoms with Crippen molar-refractivity contribution in [3.63, 3.8) is 0 Å². The Morgan fingerprint density at radius 1 is 0.927 bits per heavy atom. The van der Waals surface area contributed by atoms with E-state index < -0.39 is 16.1 Å². The summed E-state index contributed by atoms with van der Waals surface area (Å²) in [5.74, 6) is -0.212. The molecular weight excluding hydrogens is 558 g/mol. The lowest BCUT2D eigenvalue weighted by Crippen LogP contribution is -2.51. The summed E-state index contributed by atoms with van der Waals surface area (Å²) in [5.41, 5.74) is 3.24. The third-order valence-corrected chi connectivity index (χ3v) is 8.07. The summed E-state index contributed by atoms with van der Waals surface area (Å²) >= 11 is 6.25. The van der Waals surface area contributed by atoms with Crippen LogP contribution in [-0.2, 0) is 32.6 Å². The highest BCUT2D eigenvalue weighted by Gasteiger charge is 2.30. The number of carbonyl (C=O) groups is 2. The van der Waals surface area contributed by atoms with Gasteiger partial charge in [-0.25, -0.2) is 8.42 Å². The van der Waals surface area contributed by atoms with Crippen LogP contribution in [0.5, 0.6) is 0 Å². The van der Waals surface area contributed by atoms with Crippen LogP contribution < -0.4 is 9.62 Å². The highest BCUT2D eigenvalue weighted by molar-refractivity contribution is 7.92. The lowest BCUT2D eigenvalue weighted by Gasteiger charge is -2.32. The Kier molecular flexibility index (Phi) is 11.8. The highest BCUT2D eigenvalue weighted by Crippen LogP contribution is 2.22. The lowest BCUT2D eigenvalue weighted by atomic mass is 10.0. The summed E-state index contributed by atoms with van der Waals surface area (Å²) in [7, 11) is -3.56. The fraction of sp³-hybridized carbons (Fsp3) is 0.375. The molecule has 0 saturated carbocycles. The number of carbonyl (C=O) groups excluding carboxylic acids is 2. The Morgan fingerprint density at radius 3 is 2.24 bits per heavy atom. The van der Waals surface area contributed by atoms with Crippen molar-refractivity contribution in [2.75, 3.05) is 23.7 Å². The first-order chi connectivity index (χ1) is 19.4. The van der Waals surface area contributed by atoms with E-state index in [0.717, 1.165) is 22.9 Å². The highest BCUT2D eigenvalue weighted by atomic mass is 35.5. The molecular formula is C32H40ClN3O4S. The minimum Gasteiger partial charge on any atom is -0.354 e. The molecule has 0 aromatic heterocycles. The molecule has 0 aliphatic heterocycles. The Balaban J connectivity index is 1.88. The van der Waals surface area contributed by atoms with Gasteiger partial charge in [0.05, 0.1) is 11.9 Å². The monoisotopic (exact) mass is 597 g/mol. The van der Waals surface area contributed by atoms with Gasteiger partial charge in [0.1, 0.15) is 6.04 Å². The molecule has 0 aliphatic carbocycles. The van der Waals surface area contributed by atoms with E-state index in [4.69, 9.17) is 11.6 Å². The third-order valence-electron chi connectivity index (χ3n) is 6.64. The summed E-state index contributed by atoms with van der Waals surface area (Å²) < 4.78 is 26.6. The molecule has 0 spiro atoms. The molecule has 0 heterocycles. The van der Waals surface area contributed by atoms with Crippen molar-refractivity contribution in [2.24, 2.45) is 5.92 Å². The zero-order chi connectivity index (χ0) is 30.0. The summed E-state index contributed by atoms with van der Waals surface area (Å²) in [6, 6.07) is 23.4. The molecule has 41 heavy (non-hydrogen) atoms. The van der Waals surface area contributed by atoms with Crippen molar-refractivity contribution in [3.8, 4) is 0 Å². The molecule has 3 rings (SSSR count). The van der Waals surface area contributed by atoms with Crippen molar-refractivity contribution >= 4 is 39.1 Å². The zero-order valence-electron chi connectivity index (χ0n) is 24.2. The van der Waals surface area contributed by atoms with E-state index in [9.17, 15) is 18.0 Å². The number of hydrogen-bond acceptors (Lipinski definition) is 4. The summed E-state index contributed by atoms with van der Waals surface area (Å²) in [6.07, 6.45) is 1.87. The van der Waals surface area contributed by atoms with Gasteiger partial charge in [-0.3, -0.25) is 13.9 Å². The van der Waals surface area contributed by atoms with Crippen LogP contribution in [-0.4, -0.2) is 50.5 Å². The minimum absolute atomic E-state index is 0.0706. The molecule has 2 amide bonds. The van der Waals surface area contributed by atoms with Crippen LogP contribution in [0.1, 0.15) is 43.4 Å². The first-order valence-electron chi connectivity index (χ1n) is 13.8. The molecule has 7 nitrogen and oxygen atoms in total. The second kappa shape index (κ2) is 15.0. The van der Waals surface area contributed by atoms with Gasteiger partial charge in [-0.15, -0.1) is 0 Å². The van der Waals surface area contributed by atoms with E-state index in [-0.39, 0.29) is 43.7 Å². The number of sulfonamides is 1. The minimum atomic E-state index is -3.56. The number of aryl methyl sites for hydroxylation is 1. The van der Waals surface area contributed by atoms with Crippen molar-refractivity contribution in [3.05, 3.63) is 101 Å². The van der Waals surface area contributed by atoms with Gasteiger partial charge in [-0.1, -0.05) is 80.0 Å². The van der Waals surface area contributed by atoms with Crippen LogP contribution in [0.15, 0.2) is 78.9 Å². The SMILES string of the molecule is Cc1cccc(N(CCCC(=O)N(Cc2cccc(Cl)c2)[C@@H](Cc2ccccc2)C(=O)NCC(C)C)S(C)(=O)=O)c1. The Labute approximate surface area is 249 Å². The van der Waals surface area contributed by atoms with Crippen LogP contribution >= 0.6 is 11.6 Å². The Hall–Kier alpha value is -3.36. The number of nitrogens with one attached hydrogen (secondary N) is 1. The van der Waals surface area contributed by atoms with Gasteiger partial charge in [-0.2, -0.15) is 0 Å². The number of amides is 2. The fourth-order valence-corrected chi connectivity index (χ4v) is 5.77. The molecule has 220 valence electrons. The molecule has 0 aliphatic rings. The Bertz CT molecular complexity index is 1410. The number of hydrogen-bond donors (Lipinski definition) is 1. The van der Waals surface area contributed by atoms with Gasteiger partial charge < -0.3 is 10.2 Å². The molecule has 0 fully saturated rings. The van der Waals surface area contributed by atoms with E-state index in [1.807, 2.05) is 81.4 Å². The molecule has 3 aromatic rings. The van der Waals surface area contributed by atoms with Crippen LogP contribution in [0, 0.1) is 12.8 Å². The standard InChI is InChI=1S/C32H40ClN3O4S/c1-24(2)22-34-32(38)30(21-26-12-6-5-7-13-26)35(23-27-14-9-15-28(33)20-27)31(37)17-10-18-36(41(4,39)40)29-16-8-11-25(3)19-29/h5-9,11-16,19-20,24,30H,10,17-18,21-23H2,1-4H3,(H,34,38)/t30-/m0/s1. The van der Waals surface area contributed by atoms with Crippen molar-refractivity contribution in [1.29, 1.82) is 0 Å². The number of benzene rings is 3. The van der Waals surface area contributed by atoms with Crippen LogP contribution in [0.3, 0.4) is 0 Å². The average molecular weight is 598 g/mol. The smallest absolute Gasteiger partial charge is 0.243 e. The van der Waals surface area contributed by atoms with Crippen molar-refractivity contribution < 1.29 is 18.0 Å². The van der Waals surface area contributed by atoms with Crippen LogP contribution in [0.2, 0.25) is 5.02 Å². The van der Waals surface area contributed by atoms with E-state index in [0.29, 0.717) is 23.7 Å². The number of halogens is 1. The van der Waals surface area contributed by atoms with Gasteiger partial charge in [0.2, 0.25) is 21.8 Å². The third kappa shape index (κ3) is 10.2. The first kappa shape index (κ1) is 32.2. The quantitative estimate of drug-likeness (QED) is 0.262. The number of anilines is 1. The first-order valence-corrected chi connectivity index (χ1v) is 16.1. The van der Waals surface area contributed by atoms with Gasteiger partial charge >= 0.3 is 0 Å². The normalized spacial score (nSPS) is 12.1. The molecule has 0 saturated heterocycles. The summed E-state index contributed by atoms with van der Waals surface area (Å²) in [4.78, 5) is 29.0. The lowest BCUT2D eigenvalue weighted by molar-refractivity contribution is -0.141. The van der Waals surface area contributed by atoms with E-state index in [1.54, 1.807) is 23.1 Å². The number of nitrogens with zero attached hydrogens (tertiary/aromatic N) is 2. The molecule has 3 aromatic carbocycles. The van der Waals surface area contributed by atoms with Gasteiger partial charge in [0.15, 0.2) is 0 Å². The van der Waals surface area contributed by atoms with Crippen LogP contribution in [0.4, 0.5) is 5.69 Å². The topological polar surface area (TPSA) is 86.8 Å². The van der Waals surface area contributed by atoms with E-state index in [1.165, 1.54) is 4.31 Å². The Morgan fingerprint density at radius 2 is 1.61 bits per heavy atom. The summed E-state index contributed by atoms with van der Waals surface area (Å²) in [6.45, 7) is 6.76. The molecule has 0 unspecified atom stereocenters. The van der Waals surface area contributed by atoms with Gasteiger partial charge in [-0.05, 0) is 60.2 Å². The van der Waals surface area contributed by atoms with Gasteiger partial charge in [0.25, 0.3) is 0 Å². The maximum Gasteiger partial charge on any atom is 0.243 e. The zero-order valence-corrected chi connectivity index (χ0v) is 25.8. The summed E-state index contributed by atoms with van der Waals surface area (Å²) in [5, 5.41) is 3.55.